The number of carbonyl (C=O) groups is 1. The SMILES string of the molecule is CC(C)NCc1cc2cc3c(cc2n1C)NCCc1c-3[nH]c(=O)c(OC(=O)O)c1O. The average Bonchev–Trinajstić information content (AvgIpc) is 2.87. The van der Waals surface area contributed by atoms with E-state index in [1.807, 2.05) is 19.2 Å². The number of carboxylic acid groups (broad SMARTS) is 1. The molecule has 2 aromatic heterocycles. The van der Waals surface area contributed by atoms with Crippen molar-refractivity contribution in [2.75, 3.05) is 11.9 Å². The summed E-state index contributed by atoms with van der Waals surface area (Å²) >= 11 is 0. The van der Waals surface area contributed by atoms with Crippen LogP contribution in [0.4, 0.5) is 10.5 Å². The number of anilines is 1. The van der Waals surface area contributed by atoms with Gasteiger partial charge in [-0.1, -0.05) is 13.8 Å². The molecule has 0 radical (unpaired) electrons. The third-order valence-electron chi connectivity index (χ3n) is 5.37. The summed E-state index contributed by atoms with van der Waals surface area (Å²) in [5.41, 5.74) is 3.84. The van der Waals surface area contributed by atoms with E-state index in [1.165, 1.54) is 0 Å². The van der Waals surface area contributed by atoms with Crippen LogP contribution in [-0.2, 0) is 20.0 Å². The highest BCUT2D eigenvalue weighted by Gasteiger charge is 2.25. The quantitative estimate of drug-likeness (QED) is 0.417. The molecule has 30 heavy (non-hydrogen) atoms. The van der Waals surface area contributed by atoms with E-state index in [2.05, 4.69) is 44.8 Å². The molecule has 0 aliphatic carbocycles. The van der Waals surface area contributed by atoms with Gasteiger partial charge in [0.2, 0.25) is 5.75 Å². The van der Waals surface area contributed by atoms with Crippen LogP contribution in [-0.4, -0.2) is 38.5 Å². The van der Waals surface area contributed by atoms with E-state index in [-0.39, 0.29) is 0 Å². The molecule has 0 spiro atoms. The summed E-state index contributed by atoms with van der Waals surface area (Å²) in [5, 5.41) is 27.2. The number of aromatic nitrogens is 2. The molecule has 5 N–H and O–H groups in total. The van der Waals surface area contributed by atoms with E-state index in [1.54, 1.807) is 0 Å². The summed E-state index contributed by atoms with van der Waals surface area (Å²) in [6.07, 6.45) is -1.26. The number of aromatic hydroxyl groups is 1. The maximum atomic E-state index is 12.4. The van der Waals surface area contributed by atoms with E-state index in [0.29, 0.717) is 30.3 Å². The highest BCUT2D eigenvalue weighted by molar-refractivity contribution is 5.94. The van der Waals surface area contributed by atoms with Crippen molar-refractivity contribution >= 4 is 22.7 Å². The third-order valence-corrected chi connectivity index (χ3v) is 5.37. The Morgan fingerprint density at radius 1 is 1.33 bits per heavy atom. The van der Waals surface area contributed by atoms with Gasteiger partial charge in [0, 0.05) is 54.1 Å². The Morgan fingerprint density at radius 2 is 2.10 bits per heavy atom. The van der Waals surface area contributed by atoms with Crippen molar-refractivity contribution in [3.05, 3.63) is 39.8 Å². The maximum absolute atomic E-state index is 12.4. The van der Waals surface area contributed by atoms with Gasteiger partial charge in [-0.15, -0.1) is 0 Å². The molecular formula is C21H24N4O5. The lowest BCUT2D eigenvalue weighted by Crippen LogP contribution is -2.22. The van der Waals surface area contributed by atoms with Crippen LogP contribution < -0.4 is 20.9 Å². The Bertz CT molecular complexity index is 1210. The fourth-order valence-electron chi connectivity index (χ4n) is 3.86. The molecule has 0 unspecified atom stereocenters. The van der Waals surface area contributed by atoms with Crippen molar-refractivity contribution in [3.8, 4) is 22.8 Å². The van der Waals surface area contributed by atoms with Gasteiger partial charge < -0.3 is 35.1 Å². The highest BCUT2D eigenvalue weighted by Crippen LogP contribution is 2.40. The summed E-state index contributed by atoms with van der Waals surface area (Å²) in [6.45, 7) is 5.42. The number of aromatic amines is 1. The first-order valence-electron chi connectivity index (χ1n) is 9.75. The minimum Gasteiger partial charge on any atom is -0.504 e. The van der Waals surface area contributed by atoms with Gasteiger partial charge >= 0.3 is 6.16 Å². The Kier molecular flexibility index (Phi) is 4.90. The van der Waals surface area contributed by atoms with Crippen molar-refractivity contribution in [1.82, 2.24) is 14.9 Å². The van der Waals surface area contributed by atoms with Crippen LogP contribution in [0.15, 0.2) is 23.0 Å². The molecule has 1 aliphatic rings. The smallest absolute Gasteiger partial charge is 0.504 e. The van der Waals surface area contributed by atoms with Crippen molar-refractivity contribution in [3.63, 3.8) is 0 Å². The Morgan fingerprint density at radius 3 is 2.80 bits per heavy atom. The van der Waals surface area contributed by atoms with Crippen LogP contribution in [0.25, 0.3) is 22.2 Å². The zero-order chi connectivity index (χ0) is 21.6. The second-order valence-corrected chi connectivity index (χ2v) is 7.72. The molecule has 0 atom stereocenters. The molecule has 9 heteroatoms. The summed E-state index contributed by atoms with van der Waals surface area (Å²) in [4.78, 5) is 26.0. The first-order chi connectivity index (χ1) is 14.3. The van der Waals surface area contributed by atoms with E-state index >= 15 is 0 Å². The number of fused-ring (bicyclic) bond motifs is 4. The standard InChI is InChI=1S/C21H24N4O5/c1-10(2)23-9-12-6-11-7-14-15(8-16(11)25(12)3)22-5-4-13-17(14)24-20(27)19(18(13)26)30-21(28)29/h6-8,10,22-23H,4-5,9H2,1-3H3,(H,28,29)(H2,24,26,27). The van der Waals surface area contributed by atoms with Gasteiger partial charge in [-0.3, -0.25) is 4.79 Å². The average molecular weight is 412 g/mol. The van der Waals surface area contributed by atoms with Gasteiger partial charge in [-0.05, 0) is 24.6 Å². The second-order valence-electron chi connectivity index (χ2n) is 7.72. The first kappa shape index (κ1) is 19.8. The molecule has 4 rings (SSSR count). The number of nitrogens with zero attached hydrogens (tertiary/aromatic N) is 1. The molecule has 0 saturated carbocycles. The van der Waals surface area contributed by atoms with Gasteiger partial charge in [0.15, 0.2) is 5.75 Å². The molecule has 0 bridgehead atoms. The van der Waals surface area contributed by atoms with Gasteiger partial charge in [0.1, 0.15) is 0 Å². The molecule has 3 heterocycles. The van der Waals surface area contributed by atoms with Gasteiger partial charge in [0.05, 0.1) is 11.2 Å². The number of rotatable bonds is 4. The molecule has 0 amide bonds. The van der Waals surface area contributed by atoms with Crippen LogP contribution >= 0.6 is 0 Å². The van der Waals surface area contributed by atoms with Crippen molar-refractivity contribution < 1.29 is 19.7 Å². The molecule has 9 nitrogen and oxygen atoms in total. The Balaban J connectivity index is 1.88. The van der Waals surface area contributed by atoms with Crippen LogP contribution in [0.5, 0.6) is 11.5 Å². The van der Waals surface area contributed by atoms with Gasteiger partial charge in [-0.2, -0.15) is 0 Å². The Labute approximate surface area is 172 Å². The van der Waals surface area contributed by atoms with Crippen LogP contribution in [0.3, 0.4) is 0 Å². The molecule has 0 fully saturated rings. The number of aryl methyl sites for hydroxylation is 1. The predicted molar refractivity (Wildman–Crippen MR) is 113 cm³/mol. The van der Waals surface area contributed by atoms with Gasteiger partial charge in [0.25, 0.3) is 5.56 Å². The topological polar surface area (TPSA) is 129 Å². The van der Waals surface area contributed by atoms with Crippen molar-refractivity contribution in [1.29, 1.82) is 0 Å². The van der Waals surface area contributed by atoms with Gasteiger partial charge in [-0.25, -0.2) is 4.79 Å². The van der Waals surface area contributed by atoms with Crippen LogP contribution in [0.2, 0.25) is 0 Å². The van der Waals surface area contributed by atoms with E-state index in [9.17, 15) is 14.7 Å². The van der Waals surface area contributed by atoms with Crippen LogP contribution in [0, 0.1) is 0 Å². The maximum Gasteiger partial charge on any atom is 0.511 e. The number of benzene rings is 1. The van der Waals surface area contributed by atoms with E-state index in [4.69, 9.17) is 5.11 Å². The summed E-state index contributed by atoms with van der Waals surface area (Å²) < 4.78 is 6.63. The van der Waals surface area contributed by atoms with Crippen molar-refractivity contribution in [2.45, 2.75) is 32.9 Å². The molecule has 158 valence electrons. The second kappa shape index (κ2) is 7.42. The minimum absolute atomic E-state index is 0.364. The minimum atomic E-state index is -1.66. The number of pyridine rings is 1. The molecular weight excluding hydrogens is 388 g/mol. The van der Waals surface area contributed by atoms with E-state index < -0.39 is 23.2 Å². The first-order valence-corrected chi connectivity index (χ1v) is 9.75. The number of H-pyrrole nitrogens is 1. The summed E-state index contributed by atoms with van der Waals surface area (Å²) in [7, 11) is 2.01. The molecule has 1 aromatic carbocycles. The molecule has 3 aromatic rings. The third kappa shape index (κ3) is 3.37. The largest absolute Gasteiger partial charge is 0.511 e. The number of hydrogen-bond acceptors (Lipinski definition) is 6. The predicted octanol–water partition coefficient (Wildman–Crippen LogP) is 2.76. The molecule has 0 saturated heterocycles. The zero-order valence-electron chi connectivity index (χ0n) is 17.0. The lowest BCUT2D eigenvalue weighted by Gasteiger charge is -2.13. The lowest BCUT2D eigenvalue weighted by atomic mass is 10.0. The zero-order valence-corrected chi connectivity index (χ0v) is 17.0. The summed E-state index contributed by atoms with van der Waals surface area (Å²) in [5.74, 6) is -1.05. The monoisotopic (exact) mass is 412 g/mol. The lowest BCUT2D eigenvalue weighted by molar-refractivity contribution is 0.142. The van der Waals surface area contributed by atoms with E-state index in [0.717, 1.165) is 34.4 Å². The molecule has 1 aliphatic heterocycles. The fraction of sp³-hybridized carbons (Fsp3) is 0.333. The summed E-state index contributed by atoms with van der Waals surface area (Å²) in [6, 6.07) is 6.45. The number of nitrogens with one attached hydrogen (secondary N) is 3. The van der Waals surface area contributed by atoms with Crippen LogP contribution in [0.1, 0.15) is 25.1 Å². The van der Waals surface area contributed by atoms with Crippen molar-refractivity contribution in [2.24, 2.45) is 7.05 Å². The number of hydrogen-bond donors (Lipinski definition) is 5. The number of ether oxygens (including phenoxy) is 1. The normalized spacial score (nSPS) is 12.9. The Hall–Kier alpha value is -3.46. The highest BCUT2D eigenvalue weighted by atomic mass is 16.7. The fourth-order valence-corrected chi connectivity index (χ4v) is 3.86.